The fourth-order valence-corrected chi connectivity index (χ4v) is 2.02. The Morgan fingerprint density at radius 2 is 2.17 bits per heavy atom. The zero-order valence-electron chi connectivity index (χ0n) is 10.0. The maximum Gasteiger partial charge on any atom is 0.129 e. The van der Waals surface area contributed by atoms with Gasteiger partial charge in [-0.3, -0.25) is 4.98 Å². The first kappa shape index (κ1) is 13.0. The van der Waals surface area contributed by atoms with Crippen molar-refractivity contribution >= 4 is 11.6 Å². The third kappa shape index (κ3) is 2.86. The van der Waals surface area contributed by atoms with Gasteiger partial charge in [0.2, 0.25) is 0 Å². The topological polar surface area (TPSA) is 24.9 Å². The largest absolute Gasteiger partial charge is 0.305 e. The fraction of sp³-hybridized carbons (Fsp3) is 0.214. The molecule has 2 nitrogen and oxygen atoms in total. The van der Waals surface area contributed by atoms with Crippen LogP contribution in [0.5, 0.6) is 0 Å². The highest BCUT2D eigenvalue weighted by Gasteiger charge is 2.17. The highest BCUT2D eigenvalue weighted by Crippen LogP contribution is 2.25. The van der Waals surface area contributed by atoms with E-state index < -0.39 is 0 Å². The van der Waals surface area contributed by atoms with E-state index in [4.69, 9.17) is 11.6 Å². The van der Waals surface area contributed by atoms with E-state index >= 15 is 0 Å². The summed E-state index contributed by atoms with van der Waals surface area (Å²) in [5, 5.41) is 3.63. The molecule has 0 amide bonds. The molecule has 4 heteroatoms. The summed E-state index contributed by atoms with van der Waals surface area (Å²) in [4.78, 5) is 4.28. The lowest BCUT2D eigenvalue weighted by atomic mass is 10.0. The van der Waals surface area contributed by atoms with Crippen LogP contribution in [0.15, 0.2) is 42.6 Å². The van der Waals surface area contributed by atoms with Gasteiger partial charge in [0.1, 0.15) is 5.82 Å². The van der Waals surface area contributed by atoms with Crippen molar-refractivity contribution in [2.75, 3.05) is 6.54 Å². The van der Waals surface area contributed by atoms with E-state index in [1.807, 2.05) is 25.1 Å². The minimum absolute atomic E-state index is 0.256. The molecule has 1 atom stereocenters. The van der Waals surface area contributed by atoms with Gasteiger partial charge >= 0.3 is 0 Å². The molecule has 1 N–H and O–H groups in total. The summed E-state index contributed by atoms with van der Waals surface area (Å²) in [5.74, 6) is -0.320. The highest BCUT2D eigenvalue weighted by molar-refractivity contribution is 6.30. The third-order valence-electron chi connectivity index (χ3n) is 2.67. The van der Waals surface area contributed by atoms with Crippen LogP contribution >= 0.6 is 11.6 Å². The Morgan fingerprint density at radius 1 is 1.33 bits per heavy atom. The number of nitrogens with zero attached hydrogens (tertiary/aromatic N) is 1. The molecule has 1 heterocycles. The lowest BCUT2D eigenvalue weighted by molar-refractivity contribution is 0.552. The summed E-state index contributed by atoms with van der Waals surface area (Å²) in [7, 11) is 0. The van der Waals surface area contributed by atoms with E-state index in [0.717, 1.165) is 12.2 Å². The van der Waals surface area contributed by atoms with Gasteiger partial charge in [0.25, 0.3) is 0 Å². The highest BCUT2D eigenvalue weighted by atomic mass is 35.5. The second-order valence-corrected chi connectivity index (χ2v) is 4.35. The first-order valence-electron chi connectivity index (χ1n) is 5.81. The monoisotopic (exact) mass is 264 g/mol. The van der Waals surface area contributed by atoms with Crippen molar-refractivity contribution in [2.24, 2.45) is 0 Å². The SMILES string of the molecule is CCNC(c1ccccn1)c1ccc(Cl)cc1F. The molecular weight excluding hydrogens is 251 g/mol. The van der Waals surface area contributed by atoms with Gasteiger partial charge in [-0.1, -0.05) is 30.7 Å². The van der Waals surface area contributed by atoms with Crippen molar-refractivity contribution in [3.8, 4) is 0 Å². The molecule has 2 aromatic rings. The first-order chi connectivity index (χ1) is 8.72. The van der Waals surface area contributed by atoms with Gasteiger partial charge in [-0.05, 0) is 30.8 Å². The van der Waals surface area contributed by atoms with Gasteiger partial charge in [0.05, 0.1) is 11.7 Å². The molecule has 1 aromatic heterocycles. The Morgan fingerprint density at radius 3 is 2.78 bits per heavy atom. The Kier molecular flexibility index (Phi) is 4.28. The molecule has 0 bridgehead atoms. The minimum Gasteiger partial charge on any atom is -0.305 e. The second kappa shape index (κ2) is 5.94. The maximum absolute atomic E-state index is 14.0. The van der Waals surface area contributed by atoms with Gasteiger partial charge in [-0.2, -0.15) is 0 Å². The number of benzene rings is 1. The number of halogens is 2. The predicted molar refractivity (Wildman–Crippen MR) is 71.2 cm³/mol. The molecule has 0 aliphatic heterocycles. The predicted octanol–water partition coefficient (Wildman–Crippen LogP) is 3.57. The molecule has 0 saturated heterocycles. The average Bonchev–Trinajstić information content (AvgIpc) is 2.38. The number of aromatic nitrogens is 1. The number of pyridine rings is 1. The summed E-state index contributed by atoms with van der Waals surface area (Å²) in [6.07, 6.45) is 1.70. The Hall–Kier alpha value is -1.45. The molecule has 1 aromatic carbocycles. The summed E-state index contributed by atoms with van der Waals surface area (Å²) in [6, 6.07) is 10.1. The van der Waals surface area contributed by atoms with Crippen molar-refractivity contribution in [3.63, 3.8) is 0 Å². The van der Waals surface area contributed by atoms with Crippen LogP contribution < -0.4 is 5.32 Å². The molecule has 0 fully saturated rings. The standard InChI is InChI=1S/C14H14ClFN2/c1-2-17-14(13-5-3-4-8-18-13)11-7-6-10(15)9-12(11)16/h3-9,14,17H,2H2,1H3. The van der Waals surface area contributed by atoms with Crippen molar-refractivity contribution in [1.82, 2.24) is 10.3 Å². The minimum atomic E-state index is -0.320. The van der Waals surface area contributed by atoms with Crippen LogP contribution in [-0.2, 0) is 0 Å². The van der Waals surface area contributed by atoms with Crippen molar-refractivity contribution in [1.29, 1.82) is 0 Å². The van der Waals surface area contributed by atoms with Crippen LogP contribution in [0.25, 0.3) is 0 Å². The zero-order valence-corrected chi connectivity index (χ0v) is 10.8. The van der Waals surface area contributed by atoms with Crippen molar-refractivity contribution < 1.29 is 4.39 Å². The molecule has 0 aliphatic rings. The Bertz CT molecular complexity index is 516. The number of hydrogen-bond donors (Lipinski definition) is 1. The molecular formula is C14H14ClFN2. The fourth-order valence-electron chi connectivity index (χ4n) is 1.86. The number of rotatable bonds is 4. The molecule has 0 radical (unpaired) electrons. The van der Waals surface area contributed by atoms with Crippen LogP contribution in [0, 0.1) is 5.82 Å². The maximum atomic E-state index is 14.0. The molecule has 1 unspecified atom stereocenters. The molecule has 2 rings (SSSR count). The Labute approximate surface area is 111 Å². The molecule has 0 aliphatic carbocycles. The van der Waals surface area contributed by atoms with Crippen LogP contribution in [0.1, 0.15) is 24.2 Å². The van der Waals surface area contributed by atoms with Gasteiger partial charge in [-0.25, -0.2) is 4.39 Å². The third-order valence-corrected chi connectivity index (χ3v) is 2.90. The van der Waals surface area contributed by atoms with Gasteiger partial charge in [0.15, 0.2) is 0 Å². The molecule has 0 saturated carbocycles. The van der Waals surface area contributed by atoms with Gasteiger partial charge < -0.3 is 5.32 Å². The van der Waals surface area contributed by atoms with Crippen LogP contribution in [0.4, 0.5) is 4.39 Å². The summed E-state index contributed by atoms with van der Waals surface area (Å²) >= 11 is 5.77. The van der Waals surface area contributed by atoms with Crippen molar-refractivity contribution in [2.45, 2.75) is 13.0 Å². The second-order valence-electron chi connectivity index (χ2n) is 3.91. The molecule has 94 valence electrons. The van der Waals surface area contributed by atoms with E-state index in [1.165, 1.54) is 6.07 Å². The lowest BCUT2D eigenvalue weighted by Crippen LogP contribution is -2.23. The van der Waals surface area contributed by atoms with E-state index in [-0.39, 0.29) is 11.9 Å². The first-order valence-corrected chi connectivity index (χ1v) is 6.19. The van der Waals surface area contributed by atoms with E-state index in [1.54, 1.807) is 18.3 Å². The van der Waals surface area contributed by atoms with Crippen LogP contribution in [0.3, 0.4) is 0 Å². The smallest absolute Gasteiger partial charge is 0.129 e. The van der Waals surface area contributed by atoms with Gasteiger partial charge in [0, 0.05) is 16.8 Å². The molecule has 0 spiro atoms. The Balaban J connectivity index is 2.41. The zero-order chi connectivity index (χ0) is 13.0. The number of hydrogen-bond acceptors (Lipinski definition) is 2. The lowest BCUT2D eigenvalue weighted by Gasteiger charge is -2.18. The van der Waals surface area contributed by atoms with Crippen molar-refractivity contribution in [3.05, 3.63) is 64.7 Å². The average molecular weight is 265 g/mol. The van der Waals surface area contributed by atoms with E-state index in [2.05, 4.69) is 10.3 Å². The quantitative estimate of drug-likeness (QED) is 0.913. The number of nitrogens with one attached hydrogen (secondary N) is 1. The van der Waals surface area contributed by atoms with E-state index in [0.29, 0.717) is 10.6 Å². The summed E-state index contributed by atoms with van der Waals surface area (Å²) in [5.41, 5.74) is 1.35. The van der Waals surface area contributed by atoms with Crippen LogP contribution in [-0.4, -0.2) is 11.5 Å². The van der Waals surface area contributed by atoms with Gasteiger partial charge in [-0.15, -0.1) is 0 Å². The normalized spacial score (nSPS) is 12.4. The molecule has 18 heavy (non-hydrogen) atoms. The summed E-state index contributed by atoms with van der Waals surface area (Å²) in [6.45, 7) is 2.70. The van der Waals surface area contributed by atoms with E-state index in [9.17, 15) is 4.39 Å². The van der Waals surface area contributed by atoms with Crippen LogP contribution in [0.2, 0.25) is 5.02 Å². The summed E-state index contributed by atoms with van der Waals surface area (Å²) < 4.78 is 14.0.